The maximum atomic E-state index is 12.7. The highest BCUT2D eigenvalue weighted by Crippen LogP contribution is 2.20. The normalized spacial score (nSPS) is 12.5. The van der Waals surface area contributed by atoms with E-state index in [-0.39, 0.29) is 12.5 Å². The second-order valence-electron chi connectivity index (χ2n) is 7.02. The zero-order valence-corrected chi connectivity index (χ0v) is 17.1. The van der Waals surface area contributed by atoms with Gasteiger partial charge in [0.2, 0.25) is 5.91 Å². The maximum Gasteiger partial charge on any atom is 0.333 e. The van der Waals surface area contributed by atoms with Gasteiger partial charge in [0, 0.05) is 0 Å². The van der Waals surface area contributed by atoms with Gasteiger partial charge in [0.1, 0.15) is 18.7 Å². The van der Waals surface area contributed by atoms with Gasteiger partial charge in [0.15, 0.2) is 0 Å². The van der Waals surface area contributed by atoms with Crippen LogP contribution >= 0.6 is 0 Å². The number of hydrogen-bond donors (Lipinski definition) is 1. The average Bonchev–Trinajstić information content (AvgIpc) is 2.71. The van der Waals surface area contributed by atoms with Gasteiger partial charge in [0.05, 0.1) is 0 Å². The van der Waals surface area contributed by atoms with Gasteiger partial charge in [-0.25, -0.2) is 4.79 Å². The van der Waals surface area contributed by atoms with Gasteiger partial charge in [0.25, 0.3) is 0 Å². The molecule has 29 heavy (non-hydrogen) atoms. The molecule has 5 nitrogen and oxygen atoms in total. The van der Waals surface area contributed by atoms with Gasteiger partial charge in [-0.3, -0.25) is 9.79 Å². The van der Waals surface area contributed by atoms with Crippen molar-refractivity contribution in [1.29, 1.82) is 0 Å². The fourth-order valence-corrected chi connectivity index (χ4v) is 3.09. The lowest BCUT2D eigenvalue weighted by molar-refractivity contribution is -0.145. The van der Waals surface area contributed by atoms with Crippen LogP contribution in [-0.2, 0) is 20.7 Å². The number of benzene rings is 2. The summed E-state index contributed by atoms with van der Waals surface area (Å²) in [5.74, 6) is -0.880. The molecule has 2 unspecified atom stereocenters. The van der Waals surface area contributed by atoms with Gasteiger partial charge in [-0.2, -0.15) is 0 Å². The molecule has 0 spiro atoms. The van der Waals surface area contributed by atoms with Crippen LogP contribution in [-0.4, -0.2) is 37.3 Å². The first-order valence-electron chi connectivity index (χ1n) is 9.61. The highest BCUT2D eigenvalue weighted by atomic mass is 16.5. The molecule has 0 bridgehead atoms. The Morgan fingerprint density at radius 1 is 1.17 bits per heavy atom. The minimum absolute atomic E-state index is 0.0893. The predicted molar refractivity (Wildman–Crippen MR) is 118 cm³/mol. The van der Waals surface area contributed by atoms with E-state index in [1.54, 1.807) is 6.08 Å². The Hall–Kier alpha value is -3.21. The number of aryl methyl sites for hydroxylation is 1. The fraction of sp³-hybridized carbons (Fsp3) is 0.292. The summed E-state index contributed by atoms with van der Waals surface area (Å²) >= 11 is 0. The predicted octanol–water partition coefficient (Wildman–Crippen LogP) is 4.02. The molecule has 0 saturated heterocycles. The summed E-state index contributed by atoms with van der Waals surface area (Å²) < 4.78 is 5.08. The number of hydrogen-bond acceptors (Lipinski definition) is 4. The highest BCUT2D eigenvalue weighted by Gasteiger charge is 2.24. The molecular formula is C24H28N2O3. The van der Waals surface area contributed by atoms with Crippen LogP contribution in [0.3, 0.4) is 0 Å². The lowest BCUT2D eigenvalue weighted by atomic mass is 9.98. The quantitative estimate of drug-likeness (QED) is 0.377. The Morgan fingerprint density at radius 3 is 2.59 bits per heavy atom. The van der Waals surface area contributed by atoms with Crippen LogP contribution in [0.5, 0.6) is 0 Å². The van der Waals surface area contributed by atoms with Crippen molar-refractivity contribution in [1.82, 2.24) is 5.32 Å². The third kappa shape index (κ3) is 6.42. The lowest BCUT2D eigenvalue weighted by Gasteiger charge is -2.18. The maximum absolute atomic E-state index is 12.7. The summed E-state index contributed by atoms with van der Waals surface area (Å²) in [4.78, 5) is 28.9. The molecule has 2 aromatic rings. The van der Waals surface area contributed by atoms with Gasteiger partial charge in [-0.1, -0.05) is 66.8 Å². The Bertz CT molecular complexity index is 908. The smallest absolute Gasteiger partial charge is 0.333 e. The van der Waals surface area contributed by atoms with Crippen molar-refractivity contribution >= 4 is 29.4 Å². The largest absolute Gasteiger partial charge is 0.460 e. The van der Waals surface area contributed by atoms with Crippen LogP contribution < -0.4 is 5.32 Å². The van der Waals surface area contributed by atoms with Crippen molar-refractivity contribution < 1.29 is 14.3 Å². The number of rotatable bonds is 10. The first-order valence-corrected chi connectivity index (χ1v) is 9.61. The number of allylic oxidation sites excluding steroid dienone is 1. The topological polar surface area (TPSA) is 67.8 Å². The number of ether oxygens (including phenoxy) is 1. The Kier molecular flexibility index (Phi) is 8.34. The molecule has 0 aromatic heterocycles. The lowest BCUT2D eigenvalue weighted by Crippen LogP contribution is -2.45. The molecule has 1 amide bonds. The Morgan fingerprint density at radius 2 is 1.90 bits per heavy atom. The van der Waals surface area contributed by atoms with E-state index in [1.807, 2.05) is 32.0 Å². The van der Waals surface area contributed by atoms with Crippen molar-refractivity contribution in [3.63, 3.8) is 0 Å². The van der Waals surface area contributed by atoms with Crippen LogP contribution in [0.2, 0.25) is 0 Å². The number of fused-ring (bicyclic) bond motifs is 1. The zero-order chi connectivity index (χ0) is 21.2. The number of nitrogens with zero attached hydrogens (tertiary/aromatic N) is 1. The third-order valence-corrected chi connectivity index (χ3v) is 4.49. The third-order valence-electron chi connectivity index (χ3n) is 4.49. The van der Waals surface area contributed by atoms with Crippen LogP contribution in [0.1, 0.15) is 25.8 Å². The monoisotopic (exact) mass is 392 g/mol. The number of nitrogens with one attached hydrogen (secondary N) is 1. The Balaban J connectivity index is 2.08. The molecule has 2 rings (SSSR count). The van der Waals surface area contributed by atoms with Crippen molar-refractivity contribution in [3.05, 3.63) is 72.3 Å². The number of esters is 1. The van der Waals surface area contributed by atoms with E-state index in [9.17, 15) is 9.59 Å². The first-order chi connectivity index (χ1) is 14.0. The molecule has 0 saturated carbocycles. The SMILES string of the molecule is C=CCOC(=O)C(C=C(C)C)NC(=O)C(CCc1cccc2ccccc12)N=C. The second kappa shape index (κ2) is 11.0. The number of carbonyl (C=O) groups is 2. The number of aliphatic imine (C=N–C) groups is 1. The molecule has 152 valence electrons. The van der Waals surface area contributed by atoms with Crippen molar-refractivity contribution in [2.45, 2.75) is 38.8 Å². The summed E-state index contributed by atoms with van der Waals surface area (Å²) in [5.41, 5.74) is 2.04. The molecule has 5 heteroatoms. The highest BCUT2D eigenvalue weighted by molar-refractivity contribution is 5.89. The molecule has 1 N–H and O–H groups in total. The summed E-state index contributed by atoms with van der Waals surface area (Å²) in [7, 11) is 0. The molecule has 0 aliphatic carbocycles. The first kappa shape index (κ1) is 22.1. The van der Waals surface area contributed by atoms with E-state index in [0.717, 1.165) is 21.9 Å². The summed E-state index contributed by atoms with van der Waals surface area (Å²) in [5, 5.41) is 5.04. The van der Waals surface area contributed by atoms with Crippen molar-refractivity contribution in [3.8, 4) is 0 Å². The van der Waals surface area contributed by atoms with Crippen molar-refractivity contribution in [2.24, 2.45) is 4.99 Å². The van der Waals surface area contributed by atoms with Gasteiger partial charge >= 0.3 is 5.97 Å². The van der Waals surface area contributed by atoms with Crippen LogP contribution in [0.25, 0.3) is 10.8 Å². The summed E-state index contributed by atoms with van der Waals surface area (Å²) in [6, 6.07) is 12.7. The average molecular weight is 392 g/mol. The molecule has 0 aliphatic heterocycles. The van der Waals surface area contributed by atoms with Gasteiger partial charge < -0.3 is 10.1 Å². The molecule has 0 heterocycles. The standard InChI is InChI=1S/C24H28N2O3/c1-5-15-29-24(28)22(16-17(2)3)26-23(27)21(25-4)14-13-19-11-8-10-18-9-6-7-12-20(18)19/h5-12,16,21-22H,1,4,13-15H2,2-3H3,(H,26,27). The van der Waals surface area contributed by atoms with E-state index in [2.05, 4.69) is 47.9 Å². The van der Waals surface area contributed by atoms with E-state index >= 15 is 0 Å². The molecule has 0 fully saturated rings. The van der Waals surface area contributed by atoms with E-state index in [0.29, 0.717) is 12.8 Å². The molecule has 0 radical (unpaired) electrons. The fourth-order valence-electron chi connectivity index (χ4n) is 3.09. The van der Waals surface area contributed by atoms with E-state index in [1.165, 1.54) is 6.08 Å². The summed E-state index contributed by atoms with van der Waals surface area (Å²) in [6.07, 6.45) is 4.31. The molecular weight excluding hydrogens is 364 g/mol. The van der Waals surface area contributed by atoms with E-state index in [4.69, 9.17) is 4.74 Å². The van der Waals surface area contributed by atoms with Crippen molar-refractivity contribution in [2.75, 3.05) is 6.61 Å². The minimum Gasteiger partial charge on any atom is -0.460 e. The van der Waals surface area contributed by atoms with E-state index < -0.39 is 18.1 Å². The van der Waals surface area contributed by atoms with Crippen LogP contribution in [0, 0.1) is 0 Å². The second-order valence-corrected chi connectivity index (χ2v) is 7.02. The van der Waals surface area contributed by atoms with Crippen LogP contribution in [0.15, 0.2) is 71.8 Å². The Labute approximate surface area is 172 Å². The number of carbonyl (C=O) groups excluding carboxylic acids is 2. The summed E-state index contributed by atoms with van der Waals surface area (Å²) in [6.45, 7) is 10.9. The van der Waals surface area contributed by atoms with Crippen LogP contribution in [0.4, 0.5) is 0 Å². The zero-order valence-electron chi connectivity index (χ0n) is 17.1. The number of amides is 1. The molecule has 2 aromatic carbocycles. The molecule has 0 aliphatic rings. The molecule has 2 atom stereocenters. The van der Waals surface area contributed by atoms with Gasteiger partial charge in [-0.15, -0.1) is 0 Å². The minimum atomic E-state index is -0.866. The van der Waals surface area contributed by atoms with Gasteiger partial charge in [-0.05, 0) is 49.7 Å².